The molecule has 0 amide bonds. The summed E-state index contributed by atoms with van der Waals surface area (Å²) in [6.45, 7) is 1.73. The van der Waals surface area contributed by atoms with Crippen LogP contribution in [0.3, 0.4) is 0 Å². The average Bonchev–Trinajstić information content (AvgIpc) is 2.69. The van der Waals surface area contributed by atoms with E-state index in [0.717, 1.165) is 6.08 Å². The molecule has 2 N–H and O–H groups in total. The van der Waals surface area contributed by atoms with Gasteiger partial charge in [0.2, 0.25) is 0 Å². The quantitative estimate of drug-likeness (QED) is 0.580. The molecule has 0 aliphatic rings. The van der Waals surface area contributed by atoms with Crippen molar-refractivity contribution >= 4 is 31.3 Å². The lowest BCUT2D eigenvalue weighted by Crippen LogP contribution is -2.08. The highest BCUT2D eigenvalue weighted by atomic mass is 35.5. The predicted molar refractivity (Wildman–Crippen MR) is 120 cm³/mol. The van der Waals surface area contributed by atoms with Crippen LogP contribution in [0.15, 0.2) is 88.2 Å². The van der Waals surface area contributed by atoms with E-state index < -0.39 is 42.8 Å². The molecule has 0 unspecified atom stereocenters. The largest absolute Gasteiger partial charge is 0.327 e. The monoisotopic (exact) mass is 491 g/mol. The Balaban J connectivity index is 0.000000311. The van der Waals surface area contributed by atoms with Crippen LogP contribution >= 0.6 is 11.6 Å². The lowest BCUT2D eigenvalue weighted by Gasteiger charge is -2.04. The molecule has 0 spiro atoms. The van der Waals surface area contributed by atoms with Crippen molar-refractivity contribution < 1.29 is 25.6 Å². The zero-order valence-electron chi connectivity index (χ0n) is 16.8. The van der Waals surface area contributed by atoms with Crippen LogP contribution in [0.1, 0.15) is 13.3 Å². The van der Waals surface area contributed by atoms with Crippen LogP contribution < -0.4 is 5.73 Å². The van der Waals surface area contributed by atoms with E-state index in [4.69, 9.17) is 17.3 Å². The lowest BCUT2D eigenvalue weighted by molar-refractivity contribution is 0.580. The van der Waals surface area contributed by atoms with Gasteiger partial charge >= 0.3 is 0 Å². The Bertz CT molecular complexity index is 1120. The van der Waals surface area contributed by atoms with Crippen molar-refractivity contribution in [1.29, 1.82) is 0 Å². The zero-order valence-corrected chi connectivity index (χ0v) is 19.2. The maximum atomic E-state index is 13.2. The van der Waals surface area contributed by atoms with Crippen molar-refractivity contribution in [3.05, 3.63) is 83.4 Å². The van der Waals surface area contributed by atoms with E-state index in [1.807, 2.05) is 0 Å². The van der Waals surface area contributed by atoms with Gasteiger partial charge in [0.15, 0.2) is 19.7 Å². The van der Waals surface area contributed by atoms with Crippen LogP contribution in [0.25, 0.3) is 0 Å². The van der Waals surface area contributed by atoms with Crippen molar-refractivity contribution in [2.45, 2.75) is 23.1 Å². The maximum Gasteiger partial charge on any atom is 0.186 e. The first kappa shape index (κ1) is 27.0. The van der Waals surface area contributed by atoms with E-state index in [0.29, 0.717) is 6.42 Å². The Kier molecular flexibility index (Phi) is 11.1. The summed E-state index contributed by atoms with van der Waals surface area (Å²) < 4.78 is 72.9. The zero-order chi connectivity index (χ0) is 23.5. The van der Waals surface area contributed by atoms with Gasteiger partial charge in [-0.05, 0) is 36.8 Å². The second-order valence-corrected chi connectivity index (χ2v) is 10.6. The smallest absolute Gasteiger partial charge is 0.186 e. The third-order valence-electron chi connectivity index (χ3n) is 3.69. The molecule has 10 heteroatoms. The minimum absolute atomic E-state index is 0.00383. The van der Waals surface area contributed by atoms with Gasteiger partial charge in [-0.1, -0.05) is 54.9 Å². The van der Waals surface area contributed by atoms with Gasteiger partial charge in [-0.15, -0.1) is 0 Å². The molecule has 2 rings (SSSR count). The van der Waals surface area contributed by atoms with Crippen LogP contribution in [0.5, 0.6) is 0 Å². The first-order valence-corrected chi connectivity index (χ1v) is 12.9. The summed E-state index contributed by atoms with van der Waals surface area (Å²) in [5, 5.41) is 0.117. The van der Waals surface area contributed by atoms with Crippen molar-refractivity contribution in [3.63, 3.8) is 0 Å². The Morgan fingerprint density at radius 3 is 1.94 bits per heavy atom. The van der Waals surface area contributed by atoms with Gasteiger partial charge in [0.25, 0.3) is 0 Å². The Labute approximate surface area is 187 Å². The standard InChI is InChI=1S/C11H12ClFO2S.C10H12FNO2S/c1-2-5-9(13)8-16(14,15)11-7-4-3-6-10(11)12;11-9(6-7-12)8-15(13,14)10-4-2-1-3-5-10/h3-7H,2,8H2,1H3;1-6H,7-8,12H2/b9-5-;9-6-. The van der Waals surface area contributed by atoms with Crippen molar-refractivity contribution in [2.75, 3.05) is 18.1 Å². The number of hydrogen-bond donors (Lipinski definition) is 1. The lowest BCUT2D eigenvalue weighted by atomic mass is 10.4. The summed E-state index contributed by atoms with van der Waals surface area (Å²) in [7, 11) is -7.27. The predicted octanol–water partition coefficient (Wildman–Crippen LogP) is 4.65. The Morgan fingerprint density at radius 2 is 1.39 bits per heavy atom. The highest BCUT2D eigenvalue weighted by Crippen LogP contribution is 2.23. The molecule has 0 fully saturated rings. The van der Waals surface area contributed by atoms with Crippen molar-refractivity contribution in [1.82, 2.24) is 0 Å². The van der Waals surface area contributed by atoms with Crippen LogP contribution in [-0.2, 0) is 19.7 Å². The van der Waals surface area contributed by atoms with Crippen molar-refractivity contribution in [2.24, 2.45) is 5.73 Å². The van der Waals surface area contributed by atoms with Crippen molar-refractivity contribution in [3.8, 4) is 0 Å². The highest BCUT2D eigenvalue weighted by molar-refractivity contribution is 7.92. The number of hydrogen-bond acceptors (Lipinski definition) is 5. The van der Waals surface area contributed by atoms with E-state index in [1.54, 1.807) is 37.3 Å². The Hall–Kier alpha value is -2.07. The van der Waals surface area contributed by atoms with E-state index in [9.17, 15) is 25.6 Å². The molecular weight excluding hydrogens is 468 g/mol. The molecule has 0 saturated carbocycles. The highest BCUT2D eigenvalue weighted by Gasteiger charge is 2.19. The molecule has 0 saturated heterocycles. The van der Waals surface area contributed by atoms with Gasteiger partial charge in [-0.2, -0.15) is 0 Å². The summed E-state index contributed by atoms with van der Waals surface area (Å²) in [5.41, 5.74) is 5.08. The molecule has 170 valence electrons. The van der Waals surface area contributed by atoms with Crippen LogP contribution in [0, 0.1) is 0 Å². The third-order valence-corrected chi connectivity index (χ3v) is 7.46. The van der Waals surface area contributed by atoms with E-state index in [2.05, 4.69) is 0 Å². The molecule has 0 aliphatic carbocycles. The number of rotatable bonds is 8. The van der Waals surface area contributed by atoms with Gasteiger partial charge in [0, 0.05) is 6.54 Å². The van der Waals surface area contributed by atoms with E-state index in [1.165, 1.54) is 30.3 Å². The van der Waals surface area contributed by atoms with Gasteiger partial charge in [0.05, 0.1) is 14.8 Å². The summed E-state index contributed by atoms with van der Waals surface area (Å²) >= 11 is 5.75. The van der Waals surface area contributed by atoms with Gasteiger partial charge in [-0.3, -0.25) is 0 Å². The number of halogens is 3. The topological polar surface area (TPSA) is 94.3 Å². The summed E-state index contributed by atoms with van der Waals surface area (Å²) in [6.07, 6.45) is 2.76. The normalized spacial score (nSPS) is 12.8. The molecule has 0 radical (unpaired) electrons. The first-order chi connectivity index (χ1) is 14.5. The minimum Gasteiger partial charge on any atom is -0.327 e. The second-order valence-electron chi connectivity index (χ2n) is 6.21. The number of allylic oxidation sites excluding steroid dienone is 1. The fourth-order valence-electron chi connectivity index (χ4n) is 2.32. The molecule has 0 bridgehead atoms. The molecule has 5 nitrogen and oxygen atoms in total. The SMILES string of the molecule is CC/C=C(\F)CS(=O)(=O)c1ccccc1Cl.NC/C=C(\F)CS(=O)(=O)c1ccccc1. The number of benzene rings is 2. The van der Waals surface area contributed by atoms with Gasteiger partial charge < -0.3 is 5.73 Å². The van der Waals surface area contributed by atoms with Crippen LogP contribution in [0.4, 0.5) is 8.78 Å². The van der Waals surface area contributed by atoms with E-state index in [-0.39, 0.29) is 21.4 Å². The molecule has 0 heterocycles. The van der Waals surface area contributed by atoms with E-state index >= 15 is 0 Å². The maximum absolute atomic E-state index is 13.2. The van der Waals surface area contributed by atoms with Gasteiger partial charge in [-0.25, -0.2) is 25.6 Å². The van der Waals surface area contributed by atoms with Crippen LogP contribution in [-0.4, -0.2) is 34.9 Å². The fraction of sp³-hybridized carbons (Fsp3) is 0.238. The molecule has 0 aliphatic heterocycles. The summed E-state index contributed by atoms with van der Waals surface area (Å²) in [4.78, 5) is 0.0851. The summed E-state index contributed by atoms with van der Waals surface area (Å²) in [6, 6.07) is 13.8. The molecule has 0 atom stereocenters. The number of nitrogens with two attached hydrogens (primary N) is 1. The molecule has 2 aromatic rings. The van der Waals surface area contributed by atoms with Crippen LogP contribution in [0.2, 0.25) is 5.02 Å². The summed E-state index contributed by atoms with van der Waals surface area (Å²) in [5.74, 6) is -2.64. The molecule has 31 heavy (non-hydrogen) atoms. The Morgan fingerprint density at radius 1 is 0.871 bits per heavy atom. The third kappa shape index (κ3) is 9.30. The molecule has 0 aromatic heterocycles. The molecular formula is C21H24ClF2NO4S2. The second kappa shape index (κ2) is 12.7. The van der Waals surface area contributed by atoms with Gasteiger partial charge in [0.1, 0.15) is 23.2 Å². The minimum atomic E-state index is -3.69. The molecule has 2 aromatic carbocycles. The number of sulfone groups is 2. The fourth-order valence-corrected chi connectivity index (χ4v) is 5.31. The average molecular weight is 492 g/mol. The first-order valence-electron chi connectivity index (χ1n) is 9.17.